The van der Waals surface area contributed by atoms with Crippen LogP contribution < -0.4 is 5.32 Å². The zero-order valence-corrected chi connectivity index (χ0v) is 10.9. The number of nitrogens with one attached hydrogen (secondary N) is 1. The van der Waals surface area contributed by atoms with E-state index in [0.717, 1.165) is 0 Å². The van der Waals surface area contributed by atoms with Gasteiger partial charge in [-0.15, -0.1) is 0 Å². The molecule has 0 radical (unpaired) electrons. The van der Waals surface area contributed by atoms with Crippen molar-refractivity contribution in [3.05, 3.63) is 0 Å². The maximum absolute atomic E-state index is 10.5. The molecular weight excluding hydrogens is 249 g/mol. The van der Waals surface area contributed by atoms with Crippen molar-refractivity contribution in [3.63, 3.8) is 0 Å². The minimum Gasteiger partial charge on any atom is -0.302 e. The summed E-state index contributed by atoms with van der Waals surface area (Å²) >= 11 is 0. The van der Waals surface area contributed by atoms with Crippen LogP contribution in [-0.4, -0.2) is 29.9 Å². The Kier molecular flexibility index (Phi) is 7.99. The van der Waals surface area contributed by atoms with Crippen molar-refractivity contribution in [1.82, 2.24) is 5.32 Å². The van der Waals surface area contributed by atoms with Crippen molar-refractivity contribution in [1.29, 1.82) is 0 Å². The SMILES string of the molecule is CCOP(=O)(O)OCC.O=C1CCCC(=O)N1. The Morgan fingerprint density at radius 3 is 1.82 bits per heavy atom. The summed E-state index contributed by atoms with van der Waals surface area (Å²) in [5, 5.41) is 2.20. The predicted molar refractivity (Wildman–Crippen MR) is 60.1 cm³/mol. The molecule has 1 fully saturated rings. The molecule has 100 valence electrons. The third-order valence-electron chi connectivity index (χ3n) is 1.67. The minimum atomic E-state index is -3.69. The Bertz CT molecular complexity index is 282. The van der Waals surface area contributed by atoms with Crippen LogP contribution in [0.2, 0.25) is 0 Å². The fourth-order valence-electron chi connectivity index (χ4n) is 1.05. The van der Waals surface area contributed by atoms with E-state index in [1.807, 2.05) is 0 Å². The van der Waals surface area contributed by atoms with Gasteiger partial charge in [-0.05, 0) is 20.3 Å². The smallest absolute Gasteiger partial charge is 0.302 e. The van der Waals surface area contributed by atoms with Gasteiger partial charge >= 0.3 is 7.82 Å². The van der Waals surface area contributed by atoms with Crippen molar-refractivity contribution in [2.45, 2.75) is 33.1 Å². The van der Waals surface area contributed by atoms with Crippen LogP contribution in [0.25, 0.3) is 0 Å². The third-order valence-corrected chi connectivity index (χ3v) is 2.84. The van der Waals surface area contributed by atoms with Gasteiger partial charge in [-0.3, -0.25) is 24.0 Å². The van der Waals surface area contributed by atoms with Crippen LogP contribution in [0.5, 0.6) is 0 Å². The van der Waals surface area contributed by atoms with Crippen molar-refractivity contribution < 1.29 is 28.1 Å². The molecule has 1 aliphatic rings. The predicted octanol–water partition coefficient (Wildman–Crippen LogP) is 0.973. The molecule has 1 heterocycles. The molecule has 8 heteroatoms. The van der Waals surface area contributed by atoms with Gasteiger partial charge in [0.1, 0.15) is 0 Å². The zero-order valence-electron chi connectivity index (χ0n) is 9.97. The standard InChI is InChI=1S/C5H7NO2.C4H11O4P/c7-4-2-1-3-5(8)6-4;1-3-7-9(5,6)8-4-2/h1-3H2,(H,6,7,8);3-4H2,1-2H3,(H,5,6). The lowest BCUT2D eigenvalue weighted by atomic mass is 10.1. The average molecular weight is 267 g/mol. The Morgan fingerprint density at radius 1 is 1.18 bits per heavy atom. The molecule has 0 unspecified atom stereocenters. The van der Waals surface area contributed by atoms with Gasteiger partial charge in [0, 0.05) is 12.8 Å². The molecule has 0 aromatic rings. The van der Waals surface area contributed by atoms with Crippen molar-refractivity contribution in [2.24, 2.45) is 0 Å². The van der Waals surface area contributed by atoms with E-state index < -0.39 is 7.82 Å². The van der Waals surface area contributed by atoms with E-state index in [0.29, 0.717) is 19.3 Å². The van der Waals surface area contributed by atoms with Gasteiger partial charge in [0.15, 0.2) is 0 Å². The molecule has 2 amide bonds. The lowest BCUT2D eigenvalue weighted by Crippen LogP contribution is -2.33. The van der Waals surface area contributed by atoms with E-state index in [4.69, 9.17) is 4.89 Å². The van der Waals surface area contributed by atoms with Gasteiger partial charge in [0.2, 0.25) is 11.8 Å². The lowest BCUT2D eigenvalue weighted by molar-refractivity contribution is -0.132. The second-order valence-corrected chi connectivity index (χ2v) is 4.58. The summed E-state index contributed by atoms with van der Waals surface area (Å²) < 4.78 is 19.2. The van der Waals surface area contributed by atoms with E-state index in [2.05, 4.69) is 14.4 Å². The maximum Gasteiger partial charge on any atom is 0.472 e. The van der Waals surface area contributed by atoms with Gasteiger partial charge in [-0.1, -0.05) is 0 Å². The van der Waals surface area contributed by atoms with Crippen LogP contribution >= 0.6 is 7.82 Å². The highest BCUT2D eigenvalue weighted by Gasteiger charge is 2.17. The zero-order chi connectivity index (χ0) is 13.3. The molecule has 0 atom stereocenters. The van der Waals surface area contributed by atoms with Gasteiger partial charge < -0.3 is 4.89 Å². The van der Waals surface area contributed by atoms with E-state index in [1.165, 1.54) is 0 Å². The molecule has 1 saturated heterocycles. The van der Waals surface area contributed by atoms with E-state index in [-0.39, 0.29) is 25.0 Å². The van der Waals surface area contributed by atoms with Crippen LogP contribution in [0.3, 0.4) is 0 Å². The van der Waals surface area contributed by atoms with Gasteiger partial charge in [0.05, 0.1) is 13.2 Å². The molecule has 0 aromatic heterocycles. The fourth-order valence-corrected chi connectivity index (χ4v) is 1.78. The van der Waals surface area contributed by atoms with Crippen molar-refractivity contribution >= 4 is 19.6 Å². The van der Waals surface area contributed by atoms with Crippen LogP contribution in [0.1, 0.15) is 33.1 Å². The summed E-state index contributed by atoms with van der Waals surface area (Å²) in [5.74, 6) is -0.275. The number of amides is 2. The number of phosphoric acid groups is 1. The number of imide groups is 1. The molecule has 0 aromatic carbocycles. The Labute approximate surface area is 100 Å². The van der Waals surface area contributed by atoms with Crippen LogP contribution in [0.15, 0.2) is 0 Å². The molecule has 0 bridgehead atoms. The van der Waals surface area contributed by atoms with Gasteiger partial charge in [-0.25, -0.2) is 4.57 Å². The second-order valence-electron chi connectivity index (χ2n) is 3.13. The number of hydrogen-bond acceptors (Lipinski definition) is 5. The molecule has 17 heavy (non-hydrogen) atoms. The van der Waals surface area contributed by atoms with Crippen molar-refractivity contribution in [2.75, 3.05) is 13.2 Å². The fraction of sp³-hybridized carbons (Fsp3) is 0.778. The Morgan fingerprint density at radius 2 is 1.59 bits per heavy atom. The normalized spacial score (nSPS) is 15.9. The summed E-state index contributed by atoms with van der Waals surface area (Å²) in [6, 6.07) is 0. The first-order chi connectivity index (χ1) is 7.91. The van der Waals surface area contributed by atoms with Crippen LogP contribution in [-0.2, 0) is 23.2 Å². The number of hydrogen-bond donors (Lipinski definition) is 2. The summed E-state index contributed by atoms with van der Waals surface area (Å²) in [6.45, 7) is 3.63. The number of rotatable bonds is 4. The molecule has 7 nitrogen and oxygen atoms in total. The Hall–Kier alpha value is -0.750. The number of piperidine rings is 1. The molecule has 2 N–H and O–H groups in total. The van der Waals surface area contributed by atoms with E-state index >= 15 is 0 Å². The molecule has 1 rings (SSSR count). The third kappa shape index (κ3) is 9.00. The maximum atomic E-state index is 10.5. The number of carbonyl (C=O) groups excluding carboxylic acids is 2. The topological polar surface area (TPSA) is 102 Å². The average Bonchev–Trinajstić information content (AvgIpc) is 2.17. The summed E-state index contributed by atoms with van der Waals surface area (Å²) in [5.41, 5.74) is 0. The van der Waals surface area contributed by atoms with Crippen molar-refractivity contribution in [3.8, 4) is 0 Å². The highest BCUT2D eigenvalue weighted by Crippen LogP contribution is 2.42. The first kappa shape index (κ1) is 16.2. The van der Waals surface area contributed by atoms with Gasteiger partial charge in [0.25, 0.3) is 0 Å². The van der Waals surface area contributed by atoms with E-state index in [9.17, 15) is 14.2 Å². The first-order valence-electron chi connectivity index (χ1n) is 5.35. The summed E-state index contributed by atoms with van der Waals surface area (Å²) in [6.07, 6.45) is 1.72. The van der Waals surface area contributed by atoms with Crippen LogP contribution in [0.4, 0.5) is 0 Å². The first-order valence-corrected chi connectivity index (χ1v) is 6.85. The highest BCUT2D eigenvalue weighted by molar-refractivity contribution is 7.47. The summed E-state index contributed by atoms with van der Waals surface area (Å²) in [4.78, 5) is 29.3. The number of phosphoric ester groups is 1. The monoisotopic (exact) mass is 267 g/mol. The largest absolute Gasteiger partial charge is 0.472 e. The van der Waals surface area contributed by atoms with Gasteiger partial charge in [-0.2, -0.15) is 0 Å². The Balaban J connectivity index is 0.000000302. The molecule has 1 aliphatic heterocycles. The molecule has 0 aliphatic carbocycles. The summed E-state index contributed by atoms with van der Waals surface area (Å²) in [7, 11) is -3.69. The lowest BCUT2D eigenvalue weighted by Gasteiger charge is -2.07. The highest BCUT2D eigenvalue weighted by atomic mass is 31.2. The molecular formula is C9H18NO6P. The van der Waals surface area contributed by atoms with Crippen LogP contribution in [0, 0.1) is 0 Å². The van der Waals surface area contributed by atoms with E-state index in [1.54, 1.807) is 13.8 Å². The molecule has 0 spiro atoms. The number of carbonyl (C=O) groups is 2. The minimum absolute atomic E-state index is 0.138. The second kappa shape index (κ2) is 8.36. The molecule has 0 saturated carbocycles. The quantitative estimate of drug-likeness (QED) is 0.581.